The first kappa shape index (κ1) is 16.7. The average molecular weight is 311 g/mol. The van der Waals surface area contributed by atoms with Gasteiger partial charge in [0.15, 0.2) is 0 Å². The first-order valence-corrected chi connectivity index (χ1v) is 7.49. The van der Waals surface area contributed by atoms with Crippen molar-refractivity contribution in [1.82, 2.24) is 10.3 Å². The molecule has 2 rings (SSSR count). The average Bonchev–Trinajstić information content (AvgIpc) is 2.52. The molecule has 0 aliphatic carbocycles. The number of carbonyl (C=O) groups excluding carboxylic acids is 2. The molecule has 0 radical (unpaired) electrons. The third kappa shape index (κ3) is 4.39. The summed E-state index contributed by atoms with van der Waals surface area (Å²) in [7, 11) is 0. The number of hydrogen-bond acceptors (Lipinski definition) is 3. The fraction of sp³-hybridized carbons (Fsp3) is 0.278. The van der Waals surface area contributed by atoms with Gasteiger partial charge < -0.3 is 10.2 Å². The Hall–Kier alpha value is -2.69. The number of aryl methyl sites for hydroxylation is 2. The highest BCUT2D eigenvalue weighted by Crippen LogP contribution is 2.24. The van der Waals surface area contributed by atoms with Gasteiger partial charge in [-0.2, -0.15) is 0 Å². The normalized spacial score (nSPS) is 10.2. The molecule has 0 saturated carbocycles. The van der Waals surface area contributed by atoms with Crippen molar-refractivity contribution in [1.29, 1.82) is 0 Å². The van der Waals surface area contributed by atoms with E-state index >= 15 is 0 Å². The summed E-state index contributed by atoms with van der Waals surface area (Å²) in [6.07, 6.45) is 3.39. The largest absolute Gasteiger partial charge is 0.350 e. The van der Waals surface area contributed by atoms with Crippen LogP contribution in [0.15, 0.2) is 42.7 Å². The maximum absolute atomic E-state index is 12.2. The quantitative estimate of drug-likeness (QED) is 0.922. The number of aromatic nitrogens is 1. The molecule has 23 heavy (non-hydrogen) atoms. The van der Waals surface area contributed by atoms with Crippen LogP contribution in [0.4, 0.5) is 5.69 Å². The molecule has 0 aliphatic heterocycles. The van der Waals surface area contributed by atoms with Crippen molar-refractivity contribution in [2.75, 3.05) is 11.4 Å². The molecule has 0 aliphatic rings. The Labute approximate surface area is 136 Å². The topological polar surface area (TPSA) is 62.3 Å². The molecule has 1 heterocycles. The van der Waals surface area contributed by atoms with E-state index in [0.717, 1.165) is 22.4 Å². The van der Waals surface area contributed by atoms with Gasteiger partial charge in [-0.3, -0.25) is 14.6 Å². The lowest BCUT2D eigenvalue weighted by Crippen LogP contribution is -2.40. The molecule has 120 valence electrons. The van der Waals surface area contributed by atoms with Crippen LogP contribution in [0.25, 0.3) is 0 Å². The van der Waals surface area contributed by atoms with Crippen molar-refractivity contribution in [2.24, 2.45) is 0 Å². The molecule has 1 N–H and O–H groups in total. The molecule has 5 heteroatoms. The summed E-state index contributed by atoms with van der Waals surface area (Å²) in [5.74, 6) is -0.356. The molecule has 2 amide bonds. The summed E-state index contributed by atoms with van der Waals surface area (Å²) in [6, 6.07) is 9.52. The Kier molecular flexibility index (Phi) is 5.46. The second kappa shape index (κ2) is 7.54. The summed E-state index contributed by atoms with van der Waals surface area (Å²) >= 11 is 0. The predicted octanol–water partition coefficient (Wildman–Crippen LogP) is 2.37. The predicted molar refractivity (Wildman–Crippen MR) is 90.0 cm³/mol. The highest BCUT2D eigenvalue weighted by molar-refractivity contribution is 5.98. The van der Waals surface area contributed by atoms with Gasteiger partial charge in [-0.15, -0.1) is 0 Å². The Morgan fingerprint density at radius 2 is 1.83 bits per heavy atom. The zero-order valence-electron chi connectivity index (χ0n) is 13.7. The third-order valence-corrected chi connectivity index (χ3v) is 3.60. The van der Waals surface area contributed by atoms with Gasteiger partial charge in [0, 0.05) is 25.9 Å². The van der Waals surface area contributed by atoms with Gasteiger partial charge in [0.1, 0.15) is 6.54 Å². The number of anilines is 1. The highest BCUT2D eigenvalue weighted by atomic mass is 16.2. The van der Waals surface area contributed by atoms with Gasteiger partial charge in [0.2, 0.25) is 11.8 Å². The fourth-order valence-electron chi connectivity index (χ4n) is 2.48. The van der Waals surface area contributed by atoms with Crippen molar-refractivity contribution in [2.45, 2.75) is 27.3 Å². The van der Waals surface area contributed by atoms with E-state index in [4.69, 9.17) is 0 Å². The van der Waals surface area contributed by atoms with Gasteiger partial charge in [0.05, 0.1) is 5.69 Å². The van der Waals surface area contributed by atoms with Gasteiger partial charge >= 0.3 is 0 Å². The van der Waals surface area contributed by atoms with Crippen LogP contribution in [-0.4, -0.2) is 23.3 Å². The third-order valence-electron chi connectivity index (χ3n) is 3.60. The van der Waals surface area contributed by atoms with E-state index in [-0.39, 0.29) is 18.4 Å². The van der Waals surface area contributed by atoms with Crippen molar-refractivity contribution in [3.8, 4) is 0 Å². The molecule has 2 aromatic rings. The molecule has 0 bridgehead atoms. The van der Waals surface area contributed by atoms with Gasteiger partial charge in [-0.05, 0) is 36.6 Å². The number of benzene rings is 1. The van der Waals surface area contributed by atoms with Crippen LogP contribution >= 0.6 is 0 Å². The van der Waals surface area contributed by atoms with E-state index in [2.05, 4.69) is 10.3 Å². The lowest BCUT2D eigenvalue weighted by molar-refractivity contribution is -0.123. The van der Waals surface area contributed by atoms with Crippen LogP contribution in [0.1, 0.15) is 23.6 Å². The number of nitrogens with one attached hydrogen (secondary N) is 1. The van der Waals surface area contributed by atoms with Crippen molar-refractivity contribution in [3.05, 3.63) is 59.4 Å². The van der Waals surface area contributed by atoms with Crippen LogP contribution in [0, 0.1) is 13.8 Å². The Morgan fingerprint density at radius 3 is 2.39 bits per heavy atom. The summed E-state index contributed by atoms with van der Waals surface area (Å²) in [4.78, 5) is 29.7. The van der Waals surface area contributed by atoms with Crippen molar-refractivity contribution < 1.29 is 9.59 Å². The second-order valence-electron chi connectivity index (χ2n) is 5.48. The lowest BCUT2D eigenvalue weighted by atomic mass is 10.1. The van der Waals surface area contributed by atoms with E-state index < -0.39 is 0 Å². The molecule has 0 saturated heterocycles. The van der Waals surface area contributed by atoms with Crippen molar-refractivity contribution in [3.63, 3.8) is 0 Å². The van der Waals surface area contributed by atoms with E-state index in [0.29, 0.717) is 6.54 Å². The molecule has 1 aromatic heterocycles. The molecule has 0 spiro atoms. The smallest absolute Gasteiger partial charge is 0.240 e. The van der Waals surface area contributed by atoms with E-state index in [9.17, 15) is 9.59 Å². The number of para-hydroxylation sites is 1. The first-order valence-electron chi connectivity index (χ1n) is 7.49. The zero-order valence-corrected chi connectivity index (χ0v) is 13.7. The van der Waals surface area contributed by atoms with Gasteiger partial charge in [0.25, 0.3) is 0 Å². The van der Waals surface area contributed by atoms with Crippen LogP contribution in [0.2, 0.25) is 0 Å². The molecule has 1 aromatic carbocycles. The number of pyridine rings is 1. The van der Waals surface area contributed by atoms with Crippen molar-refractivity contribution >= 4 is 17.5 Å². The summed E-state index contributed by atoms with van der Waals surface area (Å²) in [6.45, 7) is 5.74. The van der Waals surface area contributed by atoms with Crippen LogP contribution < -0.4 is 10.2 Å². The molecule has 0 fully saturated rings. The molecular formula is C18H21N3O2. The minimum Gasteiger partial charge on any atom is -0.350 e. The maximum atomic E-state index is 12.2. The minimum atomic E-state index is -0.202. The first-order chi connectivity index (χ1) is 11.0. The molecule has 0 atom stereocenters. The number of carbonyl (C=O) groups is 2. The summed E-state index contributed by atoms with van der Waals surface area (Å²) < 4.78 is 0. The molecular weight excluding hydrogens is 290 g/mol. The summed E-state index contributed by atoms with van der Waals surface area (Å²) in [5, 5.41) is 2.82. The highest BCUT2D eigenvalue weighted by Gasteiger charge is 2.19. The Bertz CT molecular complexity index is 678. The van der Waals surface area contributed by atoms with Crippen LogP contribution in [0.5, 0.6) is 0 Å². The van der Waals surface area contributed by atoms with E-state index in [1.54, 1.807) is 12.4 Å². The standard InChI is InChI=1S/C18H21N3O2/c1-13-6-4-7-14(2)18(13)21(15(3)22)12-17(23)20-11-16-8-5-9-19-10-16/h4-10H,11-12H2,1-3H3,(H,20,23). The number of nitrogens with zero attached hydrogens (tertiary/aromatic N) is 2. The van der Waals surface area contributed by atoms with Gasteiger partial charge in [-0.1, -0.05) is 24.3 Å². The SMILES string of the molecule is CC(=O)N(CC(=O)NCc1cccnc1)c1c(C)cccc1C. The van der Waals surface area contributed by atoms with E-state index in [1.165, 1.54) is 11.8 Å². The number of hydrogen-bond donors (Lipinski definition) is 1. The molecule has 0 unspecified atom stereocenters. The van der Waals surface area contributed by atoms with Crippen LogP contribution in [-0.2, 0) is 16.1 Å². The Balaban J connectivity index is 2.08. The van der Waals surface area contributed by atoms with Crippen LogP contribution in [0.3, 0.4) is 0 Å². The summed E-state index contributed by atoms with van der Waals surface area (Å²) in [5.41, 5.74) is 3.67. The monoisotopic (exact) mass is 311 g/mol. The fourth-order valence-corrected chi connectivity index (χ4v) is 2.48. The molecule has 5 nitrogen and oxygen atoms in total. The lowest BCUT2D eigenvalue weighted by Gasteiger charge is -2.24. The van der Waals surface area contributed by atoms with Gasteiger partial charge in [-0.25, -0.2) is 0 Å². The number of amides is 2. The number of rotatable bonds is 5. The Morgan fingerprint density at radius 1 is 1.13 bits per heavy atom. The maximum Gasteiger partial charge on any atom is 0.240 e. The second-order valence-corrected chi connectivity index (χ2v) is 5.48. The van der Waals surface area contributed by atoms with E-state index in [1.807, 2.05) is 44.2 Å². The minimum absolute atomic E-state index is 0.00128. The zero-order chi connectivity index (χ0) is 16.8.